The second-order valence-electron chi connectivity index (χ2n) is 4.61. The van der Waals surface area contributed by atoms with Crippen LogP contribution < -0.4 is 0 Å². The summed E-state index contributed by atoms with van der Waals surface area (Å²) in [5.41, 5.74) is 0.818. The summed E-state index contributed by atoms with van der Waals surface area (Å²) in [5.74, 6) is 1.58. The van der Waals surface area contributed by atoms with Gasteiger partial charge in [0.2, 0.25) is 0 Å². The van der Waals surface area contributed by atoms with E-state index in [1.54, 1.807) is 0 Å². The Bertz CT molecular complexity index is 360. The Balaban J connectivity index is 2.37. The summed E-state index contributed by atoms with van der Waals surface area (Å²) in [7, 11) is 0. The maximum atomic E-state index is 9.84. The number of fused-ring (bicyclic) bond motifs is 1. The second-order valence-corrected chi connectivity index (χ2v) is 4.97. The molecule has 1 aliphatic rings. The first-order valence-corrected chi connectivity index (χ1v) is 5.90. The number of imidazole rings is 1. The first-order chi connectivity index (χ1) is 7.09. The van der Waals surface area contributed by atoms with Gasteiger partial charge >= 0.3 is 0 Å². The molecule has 1 unspecified atom stereocenters. The van der Waals surface area contributed by atoms with E-state index in [1.165, 1.54) is 0 Å². The minimum absolute atomic E-state index is 0.431. The predicted molar refractivity (Wildman–Crippen MR) is 60.0 cm³/mol. The minimum Gasteiger partial charge on any atom is -0.387 e. The van der Waals surface area contributed by atoms with Gasteiger partial charge in [0.1, 0.15) is 5.82 Å². The van der Waals surface area contributed by atoms with E-state index in [4.69, 9.17) is 11.6 Å². The maximum absolute atomic E-state index is 9.84. The lowest BCUT2D eigenvalue weighted by Crippen LogP contribution is -2.17. The molecule has 84 valence electrons. The number of rotatable bonds is 2. The van der Waals surface area contributed by atoms with E-state index < -0.39 is 6.10 Å². The van der Waals surface area contributed by atoms with E-state index in [1.807, 2.05) is 0 Å². The van der Waals surface area contributed by atoms with Gasteiger partial charge in [-0.3, -0.25) is 0 Å². The molecule has 4 heteroatoms. The molecule has 1 N–H and O–H groups in total. The van der Waals surface area contributed by atoms with Crippen LogP contribution in [-0.2, 0) is 13.0 Å². The van der Waals surface area contributed by atoms with Gasteiger partial charge in [-0.15, -0.1) is 0 Å². The summed E-state index contributed by atoms with van der Waals surface area (Å²) >= 11 is 6.05. The monoisotopic (exact) mass is 228 g/mol. The molecule has 0 bridgehead atoms. The van der Waals surface area contributed by atoms with E-state index in [2.05, 4.69) is 23.4 Å². The molecule has 2 heterocycles. The van der Waals surface area contributed by atoms with Gasteiger partial charge in [-0.25, -0.2) is 4.98 Å². The fraction of sp³-hybridized carbons (Fsp3) is 0.727. The maximum Gasteiger partial charge on any atom is 0.153 e. The molecule has 0 spiro atoms. The van der Waals surface area contributed by atoms with Gasteiger partial charge in [-0.2, -0.15) is 0 Å². The summed E-state index contributed by atoms with van der Waals surface area (Å²) in [4.78, 5) is 4.35. The molecule has 0 saturated carbocycles. The Morgan fingerprint density at radius 1 is 1.60 bits per heavy atom. The van der Waals surface area contributed by atoms with Gasteiger partial charge in [0.05, 0.1) is 11.8 Å². The van der Waals surface area contributed by atoms with Crippen molar-refractivity contribution in [1.82, 2.24) is 9.55 Å². The van der Waals surface area contributed by atoms with Gasteiger partial charge in [0, 0.05) is 13.0 Å². The fourth-order valence-electron chi connectivity index (χ4n) is 2.15. The van der Waals surface area contributed by atoms with Crippen LogP contribution in [0.3, 0.4) is 0 Å². The van der Waals surface area contributed by atoms with Crippen molar-refractivity contribution >= 4 is 11.6 Å². The summed E-state index contributed by atoms with van der Waals surface area (Å²) in [6.45, 7) is 5.26. The molecule has 0 aromatic carbocycles. The number of hydrogen-bond donors (Lipinski definition) is 1. The van der Waals surface area contributed by atoms with Crippen LogP contribution in [0.1, 0.15) is 44.3 Å². The number of aliphatic hydroxyl groups excluding tert-OH is 1. The molecule has 1 atom stereocenters. The highest BCUT2D eigenvalue weighted by Gasteiger charge is 2.25. The number of halogens is 1. The highest BCUT2D eigenvalue weighted by molar-refractivity contribution is 6.30. The third-order valence-electron chi connectivity index (χ3n) is 2.81. The van der Waals surface area contributed by atoms with E-state index in [9.17, 15) is 5.11 Å². The molecule has 1 aromatic heterocycles. The van der Waals surface area contributed by atoms with Crippen LogP contribution in [0.4, 0.5) is 0 Å². The molecule has 0 saturated heterocycles. The lowest BCUT2D eigenvalue weighted by atomic mass is 10.1. The largest absolute Gasteiger partial charge is 0.387 e. The lowest BCUT2D eigenvalue weighted by molar-refractivity contribution is 0.138. The van der Waals surface area contributed by atoms with Crippen molar-refractivity contribution < 1.29 is 5.11 Å². The smallest absolute Gasteiger partial charge is 0.153 e. The Morgan fingerprint density at radius 3 is 3.00 bits per heavy atom. The summed E-state index contributed by atoms with van der Waals surface area (Å²) < 4.78 is 2.09. The highest BCUT2D eigenvalue weighted by Crippen LogP contribution is 2.32. The Hall–Kier alpha value is -0.540. The van der Waals surface area contributed by atoms with Crippen molar-refractivity contribution in [3.05, 3.63) is 16.7 Å². The average molecular weight is 229 g/mol. The Labute approximate surface area is 95.1 Å². The first kappa shape index (κ1) is 11.0. The molecule has 0 radical (unpaired) electrons. The molecular formula is C11H17ClN2O. The molecule has 15 heavy (non-hydrogen) atoms. The topological polar surface area (TPSA) is 38.0 Å². The first-order valence-electron chi connectivity index (χ1n) is 5.52. The van der Waals surface area contributed by atoms with Crippen LogP contribution in [-0.4, -0.2) is 14.7 Å². The van der Waals surface area contributed by atoms with Gasteiger partial charge < -0.3 is 9.67 Å². The van der Waals surface area contributed by atoms with Crippen molar-refractivity contribution in [1.29, 1.82) is 0 Å². The van der Waals surface area contributed by atoms with E-state index in [0.717, 1.165) is 37.3 Å². The normalized spacial score (nSPS) is 20.7. The number of nitrogens with zero attached hydrogens (tertiary/aromatic N) is 2. The van der Waals surface area contributed by atoms with Gasteiger partial charge in [0.25, 0.3) is 0 Å². The van der Waals surface area contributed by atoms with Crippen molar-refractivity contribution in [2.45, 2.75) is 45.8 Å². The zero-order valence-corrected chi connectivity index (χ0v) is 9.96. The van der Waals surface area contributed by atoms with Crippen LogP contribution >= 0.6 is 11.6 Å². The zero-order chi connectivity index (χ0) is 11.0. The van der Waals surface area contributed by atoms with E-state index in [0.29, 0.717) is 11.1 Å². The Kier molecular flexibility index (Phi) is 3.03. The molecule has 0 amide bonds. The van der Waals surface area contributed by atoms with Gasteiger partial charge in [-0.05, 0) is 18.8 Å². The van der Waals surface area contributed by atoms with Crippen LogP contribution in [0.2, 0.25) is 5.15 Å². The minimum atomic E-state index is -0.431. The quantitative estimate of drug-likeness (QED) is 0.845. The summed E-state index contributed by atoms with van der Waals surface area (Å²) in [6.07, 6.45) is 2.30. The fourth-order valence-corrected chi connectivity index (χ4v) is 2.47. The van der Waals surface area contributed by atoms with Crippen LogP contribution in [0.25, 0.3) is 0 Å². The summed E-state index contributed by atoms with van der Waals surface area (Å²) in [6, 6.07) is 0. The molecule has 2 rings (SSSR count). The second kappa shape index (κ2) is 4.14. The van der Waals surface area contributed by atoms with Gasteiger partial charge in [-0.1, -0.05) is 25.4 Å². The highest BCUT2D eigenvalue weighted by atomic mass is 35.5. The van der Waals surface area contributed by atoms with Crippen LogP contribution in [0.5, 0.6) is 0 Å². The van der Waals surface area contributed by atoms with E-state index >= 15 is 0 Å². The molecule has 1 aromatic rings. The van der Waals surface area contributed by atoms with E-state index in [-0.39, 0.29) is 0 Å². The Morgan fingerprint density at radius 2 is 2.33 bits per heavy atom. The number of aromatic nitrogens is 2. The summed E-state index contributed by atoms with van der Waals surface area (Å²) in [5, 5.41) is 10.3. The molecule has 0 fully saturated rings. The number of aliphatic hydroxyl groups is 1. The third kappa shape index (κ3) is 2.04. The van der Waals surface area contributed by atoms with Crippen molar-refractivity contribution in [2.24, 2.45) is 5.92 Å². The van der Waals surface area contributed by atoms with Crippen molar-refractivity contribution in [3.63, 3.8) is 0 Å². The zero-order valence-electron chi connectivity index (χ0n) is 9.20. The predicted octanol–water partition coefficient (Wildman–Crippen LogP) is 2.56. The third-order valence-corrected chi connectivity index (χ3v) is 3.08. The van der Waals surface area contributed by atoms with Crippen molar-refractivity contribution in [3.8, 4) is 0 Å². The van der Waals surface area contributed by atoms with Crippen LogP contribution in [0, 0.1) is 5.92 Å². The standard InChI is InChI=1S/C11H17ClN2O/c1-7(2)6-9-13-11(12)10-8(15)4-3-5-14(9)10/h7-8,15H,3-6H2,1-2H3. The lowest BCUT2D eigenvalue weighted by Gasteiger charge is -2.21. The molecule has 3 nitrogen and oxygen atoms in total. The van der Waals surface area contributed by atoms with Crippen LogP contribution in [0.15, 0.2) is 0 Å². The average Bonchev–Trinajstić information content (AvgIpc) is 2.44. The number of hydrogen-bond acceptors (Lipinski definition) is 2. The molecule has 0 aliphatic carbocycles. The SMILES string of the molecule is CC(C)Cc1nc(Cl)c2n1CCCC2O. The van der Waals surface area contributed by atoms with Gasteiger partial charge in [0.15, 0.2) is 5.15 Å². The molecule has 1 aliphatic heterocycles. The van der Waals surface area contributed by atoms with Crippen molar-refractivity contribution in [2.75, 3.05) is 0 Å². The molecular weight excluding hydrogens is 212 g/mol.